The fourth-order valence-electron chi connectivity index (χ4n) is 0.283. The minimum Gasteiger partial charge on any atom is -0.398 e. The van der Waals surface area contributed by atoms with Crippen LogP contribution < -0.4 is 10.9 Å². The van der Waals surface area contributed by atoms with Crippen LogP contribution in [0, 0.1) is 0 Å². The van der Waals surface area contributed by atoms with Crippen molar-refractivity contribution < 1.29 is 4.18 Å². The summed E-state index contributed by atoms with van der Waals surface area (Å²) in [5.41, 5.74) is 5.15. The Balaban J connectivity index is 2.59. The summed E-state index contributed by atoms with van der Waals surface area (Å²) >= 11 is -1.27. The summed E-state index contributed by atoms with van der Waals surface area (Å²) in [6, 6.07) is 0. The van der Waals surface area contributed by atoms with Gasteiger partial charge in [0.1, 0.15) is 6.20 Å². The van der Waals surface area contributed by atoms with Crippen molar-refractivity contribution in [1.82, 2.24) is 0 Å². The first kappa shape index (κ1) is 5.39. The van der Waals surface area contributed by atoms with Crippen LogP contribution in [0.4, 0.5) is 0 Å². The molecular weight excluding hydrogens is 128 g/mol. The van der Waals surface area contributed by atoms with Gasteiger partial charge in [-0.2, -0.15) is 0 Å². The van der Waals surface area contributed by atoms with Crippen molar-refractivity contribution in [3.05, 3.63) is 12.1 Å². The SMILES string of the molecule is NC1=CN=N[SH](N)O1. The van der Waals surface area contributed by atoms with E-state index in [0.29, 0.717) is 0 Å². The average Bonchev–Trinajstić information content (AvgIpc) is 1.64. The van der Waals surface area contributed by atoms with Crippen LogP contribution in [0.2, 0.25) is 0 Å². The van der Waals surface area contributed by atoms with Gasteiger partial charge in [-0.3, -0.25) is 0 Å². The molecule has 1 atom stereocenters. The maximum absolute atomic E-state index is 5.19. The lowest BCUT2D eigenvalue weighted by Crippen LogP contribution is -2.05. The van der Waals surface area contributed by atoms with Gasteiger partial charge < -0.3 is 9.92 Å². The number of nitrogens with two attached hydrogens (primary N) is 2. The lowest BCUT2D eigenvalue weighted by atomic mass is 10.9. The molecule has 1 unspecified atom stereocenters. The van der Waals surface area contributed by atoms with Crippen molar-refractivity contribution >= 4 is 11.5 Å². The Morgan fingerprint density at radius 3 is 2.88 bits per heavy atom. The van der Waals surface area contributed by atoms with E-state index in [9.17, 15) is 0 Å². The summed E-state index contributed by atoms with van der Waals surface area (Å²) in [5.74, 6) is 0.230. The van der Waals surface area contributed by atoms with Crippen LogP contribution in [0.3, 0.4) is 0 Å². The van der Waals surface area contributed by atoms with E-state index in [4.69, 9.17) is 15.1 Å². The van der Waals surface area contributed by atoms with Gasteiger partial charge in [-0.15, -0.1) is 5.11 Å². The summed E-state index contributed by atoms with van der Waals surface area (Å²) < 4.78 is 8.18. The second-order valence-corrected chi connectivity index (χ2v) is 2.10. The fraction of sp³-hybridized carbons (Fsp3) is 0. The van der Waals surface area contributed by atoms with Crippen molar-refractivity contribution in [3.63, 3.8) is 0 Å². The first-order valence-corrected chi connectivity index (χ1v) is 3.16. The third kappa shape index (κ3) is 1.11. The Labute approximate surface area is 49.2 Å². The molecule has 0 saturated heterocycles. The summed E-state index contributed by atoms with van der Waals surface area (Å²) in [6.07, 6.45) is 1.31. The molecule has 1 rings (SSSR count). The standard InChI is InChI=1S/C2H6N4OS/c3-2-1-5-6-8(4)7-2/h1,8H,3-4H2. The van der Waals surface area contributed by atoms with E-state index in [-0.39, 0.29) is 5.88 Å². The molecule has 0 radical (unpaired) electrons. The Bertz CT molecular complexity index is 143. The zero-order valence-corrected chi connectivity index (χ0v) is 4.88. The second kappa shape index (κ2) is 2.01. The van der Waals surface area contributed by atoms with Gasteiger partial charge in [0, 0.05) is 0 Å². The first-order chi connectivity index (χ1) is 3.79. The minimum absolute atomic E-state index is 0.230. The number of rotatable bonds is 0. The summed E-state index contributed by atoms with van der Waals surface area (Å²) in [5, 5.41) is 8.64. The molecule has 0 aromatic carbocycles. The molecule has 46 valence electrons. The molecule has 0 aromatic rings. The maximum atomic E-state index is 5.19. The van der Waals surface area contributed by atoms with Crippen LogP contribution in [-0.2, 0) is 4.18 Å². The lowest BCUT2D eigenvalue weighted by molar-refractivity contribution is 0.471. The molecule has 1 aliphatic heterocycles. The number of nitrogens with zero attached hydrogens (tertiary/aromatic N) is 2. The normalized spacial score (nSPS) is 31.1. The number of thiol groups is 1. The molecule has 1 aliphatic rings. The van der Waals surface area contributed by atoms with Crippen LogP contribution in [0.15, 0.2) is 21.7 Å². The predicted molar refractivity (Wildman–Crippen MR) is 31.4 cm³/mol. The van der Waals surface area contributed by atoms with E-state index in [2.05, 4.69) is 9.63 Å². The van der Waals surface area contributed by atoms with Gasteiger partial charge in [0.2, 0.25) is 5.88 Å². The summed E-state index contributed by atoms with van der Waals surface area (Å²) in [7, 11) is 0. The maximum Gasteiger partial charge on any atom is 0.221 e. The molecule has 1 heterocycles. The monoisotopic (exact) mass is 134 g/mol. The van der Waals surface area contributed by atoms with Gasteiger partial charge in [-0.25, -0.2) is 5.14 Å². The Kier molecular flexibility index (Phi) is 1.36. The number of hydrogen-bond acceptors (Lipinski definition) is 5. The van der Waals surface area contributed by atoms with Gasteiger partial charge in [0.15, 0.2) is 0 Å². The van der Waals surface area contributed by atoms with Crippen molar-refractivity contribution in [1.29, 1.82) is 0 Å². The summed E-state index contributed by atoms with van der Waals surface area (Å²) in [6.45, 7) is 0. The van der Waals surface area contributed by atoms with E-state index in [1.54, 1.807) is 0 Å². The van der Waals surface area contributed by atoms with Crippen molar-refractivity contribution in [2.45, 2.75) is 0 Å². The van der Waals surface area contributed by atoms with Crippen LogP contribution in [0.25, 0.3) is 0 Å². The second-order valence-electron chi connectivity index (χ2n) is 1.13. The van der Waals surface area contributed by atoms with E-state index in [1.807, 2.05) is 0 Å². The van der Waals surface area contributed by atoms with Crippen LogP contribution in [0.1, 0.15) is 0 Å². The van der Waals surface area contributed by atoms with Crippen LogP contribution >= 0.6 is 11.5 Å². The third-order valence-electron chi connectivity index (χ3n) is 0.524. The highest BCUT2D eigenvalue weighted by Crippen LogP contribution is 2.24. The topological polar surface area (TPSA) is 86.0 Å². The van der Waals surface area contributed by atoms with Crippen molar-refractivity contribution in [2.75, 3.05) is 0 Å². The van der Waals surface area contributed by atoms with E-state index in [1.165, 1.54) is 6.20 Å². The Hall–Kier alpha value is -0.750. The van der Waals surface area contributed by atoms with Crippen LogP contribution in [-0.4, -0.2) is 0 Å². The molecule has 6 heteroatoms. The molecule has 0 amide bonds. The molecular formula is C2H6N4OS. The molecule has 0 fully saturated rings. The van der Waals surface area contributed by atoms with Crippen molar-refractivity contribution in [3.8, 4) is 0 Å². The zero-order valence-electron chi connectivity index (χ0n) is 3.98. The minimum atomic E-state index is -1.27. The number of hydrogen-bond donors (Lipinski definition) is 3. The first-order valence-electron chi connectivity index (χ1n) is 1.88. The van der Waals surface area contributed by atoms with E-state index < -0.39 is 11.5 Å². The molecule has 0 aromatic heterocycles. The molecule has 5 nitrogen and oxygen atoms in total. The Morgan fingerprint density at radius 1 is 1.75 bits per heavy atom. The van der Waals surface area contributed by atoms with Gasteiger partial charge in [-0.1, -0.05) is 4.52 Å². The van der Waals surface area contributed by atoms with Gasteiger partial charge >= 0.3 is 0 Å². The lowest BCUT2D eigenvalue weighted by Gasteiger charge is -2.12. The largest absolute Gasteiger partial charge is 0.398 e. The molecule has 8 heavy (non-hydrogen) atoms. The highest BCUT2D eigenvalue weighted by Gasteiger charge is 1.99. The molecule has 0 saturated carbocycles. The average molecular weight is 134 g/mol. The van der Waals surface area contributed by atoms with Gasteiger partial charge in [-0.05, 0) is 0 Å². The van der Waals surface area contributed by atoms with E-state index in [0.717, 1.165) is 0 Å². The highest BCUT2D eigenvalue weighted by molar-refractivity contribution is 8.09. The summed E-state index contributed by atoms with van der Waals surface area (Å²) in [4.78, 5) is 0. The van der Waals surface area contributed by atoms with E-state index >= 15 is 0 Å². The van der Waals surface area contributed by atoms with Crippen LogP contribution in [0.5, 0.6) is 0 Å². The van der Waals surface area contributed by atoms with Gasteiger partial charge in [0.05, 0.1) is 11.5 Å². The third-order valence-corrected chi connectivity index (χ3v) is 1.20. The molecule has 0 bridgehead atoms. The zero-order chi connectivity index (χ0) is 5.98. The molecule has 4 N–H and O–H groups in total. The Morgan fingerprint density at radius 2 is 2.50 bits per heavy atom. The molecule has 0 aliphatic carbocycles. The smallest absolute Gasteiger partial charge is 0.221 e. The quantitative estimate of drug-likeness (QED) is 0.405. The molecule has 0 spiro atoms. The fourth-order valence-corrected chi connectivity index (χ4v) is 0.737. The van der Waals surface area contributed by atoms with Gasteiger partial charge in [0.25, 0.3) is 0 Å². The predicted octanol–water partition coefficient (Wildman–Crippen LogP) is -0.0687. The van der Waals surface area contributed by atoms with Crippen molar-refractivity contribution in [2.24, 2.45) is 20.5 Å². The highest BCUT2D eigenvalue weighted by atomic mass is 32.2.